The van der Waals surface area contributed by atoms with Crippen molar-refractivity contribution in [2.75, 3.05) is 26.7 Å². The van der Waals surface area contributed by atoms with Crippen LogP contribution in [0.2, 0.25) is 5.02 Å². The van der Waals surface area contributed by atoms with Crippen LogP contribution in [-0.2, 0) is 13.0 Å². The summed E-state index contributed by atoms with van der Waals surface area (Å²) < 4.78 is 5.33. The van der Waals surface area contributed by atoms with Crippen LogP contribution in [0.3, 0.4) is 0 Å². The summed E-state index contributed by atoms with van der Waals surface area (Å²) >= 11 is 6.08. The van der Waals surface area contributed by atoms with Crippen LogP contribution in [-0.4, -0.2) is 47.5 Å². The number of carbonyl (C=O) groups is 1. The first-order valence-electron chi connectivity index (χ1n) is 9.34. The molecule has 1 aromatic carbocycles. The Morgan fingerprint density at radius 2 is 2.15 bits per heavy atom. The highest BCUT2D eigenvalue weighted by molar-refractivity contribution is 6.31. The van der Waals surface area contributed by atoms with Crippen molar-refractivity contribution in [1.82, 2.24) is 20.2 Å². The van der Waals surface area contributed by atoms with Gasteiger partial charge in [0.05, 0.1) is 18.4 Å². The first-order chi connectivity index (χ1) is 13.2. The Morgan fingerprint density at radius 3 is 2.93 bits per heavy atom. The summed E-state index contributed by atoms with van der Waals surface area (Å²) in [6.45, 7) is 3.18. The van der Waals surface area contributed by atoms with Gasteiger partial charge in [-0.1, -0.05) is 11.6 Å². The van der Waals surface area contributed by atoms with Crippen molar-refractivity contribution in [3.63, 3.8) is 0 Å². The van der Waals surface area contributed by atoms with E-state index in [4.69, 9.17) is 21.3 Å². The number of carbonyl (C=O) groups excluding carboxylic acids is 1. The van der Waals surface area contributed by atoms with Crippen molar-refractivity contribution >= 4 is 17.5 Å². The third-order valence-electron chi connectivity index (χ3n) is 5.34. The highest BCUT2D eigenvalue weighted by Crippen LogP contribution is 2.28. The van der Waals surface area contributed by atoms with Crippen molar-refractivity contribution < 1.29 is 9.53 Å². The van der Waals surface area contributed by atoms with E-state index in [-0.39, 0.29) is 5.91 Å². The van der Waals surface area contributed by atoms with Gasteiger partial charge in [0.15, 0.2) is 0 Å². The van der Waals surface area contributed by atoms with E-state index >= 15 is 0 Å². The molecule has 27 heavy (non-hydrogen) atoms. The summed E-state index contributed by atoms with van der Waals surface area (Å²) in [6, 6.07) is 5.11. The van der Waals surface area contributed by atoms with E-state index in [1.165, 1.54) is 0 Å². The number of aromatic nitrogens is 2. The smallest absolute Gasteiger partial charge is 0.257 e. The lowest BCUT2D eigenvalue weighted by Gasteiger charge is -2.29. The summed E-state index contributed by atoms with van der Waals surface area (Å²) in [7, 11) is 1.56. The van der Waals surface area contributed by atoms with Gasteiger partial charge in [0.2, 0.25) is 0 Å². The molecule has 1 N–H and O–H groups in total. The van der Waals surface area contributed by atoms with Crippen molar-refractivity contribution in [1.29, 1.82) is 0 Å². The second kappa shape index (κ2) is 7.82. The average molecular weight is 387 g/mol. The molecule has 1 fully saturated rings. The molecule has 0 atom stereocenters. The SMILES string of the molecule is COc1ccc(Cl)cc1C(=O)N1CCc2nc(C3CCNCC3)ncc2C1. The fourth-order valence-electron chi connectivity index (χ4n) is 3.80. The average Bonchev–Trinajstić information content (AvgIpc) is 2.73. The van der Waals surface area contributed by atoms with E-state index in [0.29, 0.717) is 35.3 Å². The van der Waals surface area contributed by atoms with Crippen LogP contribution < -0.4 is 10.1 Å². The summed E-state index contributed by atoms with van der Waals surface area (Å²) in [5.74, 6) is 1.84. The van der Waals surface area contributed by atoms with Gasteiger partial charge >= 0.3 is 0 Å². The quantitative estimate of drug-likeness (QED) is 0.878. The minimum Gasteiger partial charge on any atom is -0.496 e. The molecular weight excluding hydrogens is 364 g/mol. The molecule has 0 radical (unpaired) electrons. The van der Waals surface area contributed by atoms with Gasteiger partial charge in [-0.25, -0.2) is 9.97 Å². The van der Waals surface area contributed by atoms with Crippen LogP contribution in [0.5, 0.6) is 5.75 Å². The topological polar surface area (TPSA) is 67.3 Å². The zero-order chi connectivity index (χ0) is 18.8. The van der Waals surface area contributed by atoms with Gasteiger partial charge in [-0.3, -0.25) is 4.79 Å². The van der Waals surface area contributed by atoms with Gasteiger partial charge in [-0.2, -0.15) is 0 Å². The molecule has 0 bridgehead atoms. The van der Waals surface area contributed by atoms with Crippen LogP contribution in [0.25, 0.3) is 0 Å². The molecule has 7 heteroatoms. The van der Waals surface area contributed by atoms with Crippen LogP contribution >= 0.6 is 11.6 Å². The van der Waals surface area contributed by atoms with Crippen LogP contribution in [0, 0.1) is 0 Å². The summed E-state index contributed by atoms with van der Waals surface area (Å²) in [5, 5.41) is 3.89. The summed E-state index contributed by atoms with van der Waals surface area (Å²) in [5.41, 5.74) is 2.58. The van der Waals surface area contributed by atoms with E-state index < -0.39 is 0 Å². The number of rotatable bonds is 3. The van der Waals surface area contributed by atoms with Gasteiger partial charge in [0, 0.05) is 42.2 Å². The number of fused-ring (bicyclic) bond motifs is 1. The molecule has 2 aliphatic rings. The molecule has 2 aliphatic heterocycles. The number of halogens is 1. The highest BCUT2D eigenvalue weighted by atomic mass is 35.5. The Balaban J connectivity index is 1.53. The molecule has 3 heterocycles. The van der Waals surface area contributed by atoms with E-state index in [1.807, 2.05) is 11.1 Å². The van der Waals surface area contributed by atoms with Crippen LogP contribution in [0.4, 0.5) is 0 Å². The minimum absolute atomic E-state index is 0.0811. The van der Waals surface area contributed by atoms with Crippen molar-refractivity contribution in [2.24, 2.45) is 0 Å². The number of nitrogens with zero attached hydrogens (tertiary/aromatic N) is 3. The minimum atomic E-state index is -0.0811. The molecule has 142 valence electrons. The number of hydrogen-bond donors (Lipinski definition) is 1. The first-order valence-corrected chi connectivity index (χ1v) is 9.71. The number of ether oxygens (including phenoxy) is 1. The zero-order valence-electron chi connectivity index (χ0n) is 15.4. The molecule has 0 spiro atoms. The monoisotopic (exact) mass is 386 g/mol. The predicted molar refractivity (Wildman–Crippen MR) is 103 cm³/mol. The lowest BCUT2D eigenvalue weighted by Crippen LogP contribution is -2.37. The molecule has 4 rings (SSSR count). The number of nitrogens with one attached hydrogen (secondary N) is 1. The first kappa shape index (κ1) is 18.2. The largest absolute Gasteiger partial charge is 0.496 e. The summed E-state index contributed by atoms with van der Waals surface area (Å²) in [4.78, 5) is 24.2. The van der Waals surface area contributed by atoms with Crippen LogP contribution in [0.1, 0.15) is 46.2 Å². The Hall–Kier alpha value is -2.18. The maximum absolute atomic E-state index is 13.0. The molecule has 0 saturated carbocycles. The molecule has 6 nitrogen and oxygen atoms in total. The second-order valence-electron chi connectivity index (χ2n) is 7.05. The van der Waals surface area contributed by atoms with E-state index in [2.05, 4.69) is 10.3 Å². The number of methoxy groups -OCH3 is 1. The third kappa shape index (κ3) is 3.77. The number of benzene rings is 1. The molecule has 0 aliphatic carbocycles. The number of amides is 1. The Labute approximate surface area is 163 Å². The second-order valence-corrected chi connectivity index (χ2v) is 7.48. The maximum atomic E-state index is 13.0. The van der Waals surface area contributed by atoms with Gasteiger partial charge in [-0.05, 0) is 44.1 Å². The molecule has 2 aromatic rings. The number of piperidine rings is 1. The number of hydrogen-bond acceptors (Lipinski definition) is 5. The van der Waals surface area contributed by atoms with Gasteiger partial charge in [-0.15, -0.1) is 0 Å². The van der Waals surface area contributed by atoms with Crippen LogP contribution in [0.15, 0.2) is 24.4 Å². The normalized spacial score (nSPS) is 17.5. The molecule has 1 amide bonds. The molecular formula is C20H23ClN4O2. The van der Waals surface area contributed by atoms with Gasteiger partial charge < -0.3 is 15.0 Å². The molecule has 0 unspecified atom stereocenters. The molecule has 1 aromatic heterocycles. The van der Waals surface area contributed by atoms with E-state index in [1.54, 1.807) is 25.3 Å². The van der Waals surface area contributed by atoms with Crippen molar-refractivity contribution in [3.8, 4) is 5.75 Å². The third-order valence-corrected chi connectivity index (χ3v) is 5.57. The van der Waals surface area contributed by atoms with E-state index in [9.17, 15) is 4.79 Å². The zero-order valence-corrected chi connectivity index (χ0v) is 16.1. The lowest BCUT2D eigenvalue weighted by molar-refractivity contribution is 0.0729. The Kier molecular flexibility index (Phi) is 5.27. The van der Waals surface area contributed by atoms with Crippen molar-refractivity contribution in [2.45, 2.75) is 31.7 Å². The Morgan fingerprint density at radius 1 is 1.33 bits per heavy atom. The fourth-order valence-corrected chi connectivity index (χ4v) is 3.97. The molecule has 1 saturated heterocycles. The fraction of sp³-hybridized carbons (Fsp3) is 0.450. The maximum Gasteiger partial charge on any atom is 0.257 e. The summed E-state index contributed by atoms with van der Waals surface area (Å²) in [6.07, 6.45) is 4.80. The highest BCUT2D eigenvalue weighted by Gasteiger charge is 2.27. The predicted octanol–water partition coefficient (Wildman–Crippen LogP) is 2.80. The van der Waals surface area contributed by atoms with Gasteiger partial charge in [0.25, 0.3) is 5.91 Å². The Bertz CT molecular complexity index is 852. The standard InChI is InChI=1S/C20H23ClN4O2/c1-27-18-3-2-15(21)10-16(18)20(26)25-9-6-17-14(12-25)11-23-19(24-17)13-4-7-22-8-5-13/h2-3,10-11,13,22H,4-9,12H2,1H3. The van der Waals surface area contributed by atoms with Crippen molar-refractivity contribution in [3.05, 3.63) is 52.1 Å². The van der Waals surface area contributed by atoms with E-state index in [0.717, 1.165) is 49.4 Å². The van der Waals surface area contributed by atoms with Gasteiger partial charge in [0.1, 0.15) is 11.6 Å². The lowest BCUT2D eigenvalue weighted by atomic mass is 9.96.